The van der Waals surface area contributed by atoms with Crippen LogP contribution in [0.3, 0.4) is 0 Å². The van der Waals surface area contributed by atoms with Gasteiger partial charge >= 0.3 is 0 Å². The van der Waals surface area contributed by atoms with Crippen LogP contribution in [0.1, 0.15) is 30.5 Å². The summed E-state index contributed by atoms with van der Waals surface area (Å²) < 4.78 is 1.26. The third-order valence-electron chi connectivity index (χ3n) is 3.09. The predicted molar refractivity (Wildman–Crippen MR) is 87.0 cm³/mol. The molecule has 2 aromatic rings. The van der Waals surface area contributed by atoms with E-state index in [4.69, 9.17) is 0 Å². The summed E-state index contributed by atoms with van der Waals surface area (Å²) in [5, 5.41) is 3.63. The van der Waals surface area contributed by atoms with Gasteiger partial charge in [0, 0.05) is 9.26 Å². The maximum Gasteiger partial charge on any atom is 0.0511 e. The van der Waals surface area contributed by atoms with Crippen molar-refractivity contribution in [2.45, 2.75) is 26.3 Å². The Morgan fingerprint density at radius 2 is 1.72 bits per heavy atom. The lowest BCUT2D eigenvalue weighted by molar-refractivity contribution is 0.748. The van der Waals surface area contributed by atoms with Crippen molar-refractivity contribution >= 4 is 28.3 Å². The smallest absolute Gasteiger partial charge is 0.0511 e. The van der Waals surface area contributed by atoms with Crippen LogP contribution in [-0.4, -0.2) is 0 Å². The van der Waals surface area contributed by atoms with Crippen LogP contribution in [-0.2, 0) is 0 Å². The van der Waals surface area contributed by atoms with E-state index in [1.807, 2.05) is 0 Å². The molecule has 0 saturated carbocycles. The van der Waals surface area contributed by atoms with E-state index in [0.29, 0.717) is 6.04 Å². The second-order valence-electron chi connectivity index (χ2n) is 4.50. The van der Waals surface area contributed by atoms with Crippen LogP contribution in [0.4, 0.5) is 5.69 Å². The SMILES string of the molecule is CCC(Nc1ccccc1I)c1ccc(C)cc1. The molecule has 2 rings (SSSR count). The van der Waals surface area contributed by atoms with Crippen molar-refractivity contribution in [1.82, 2.24) is 0 Å². The Morgan fingerprint density at radius 1 is 1.06 bits per heavy atom. The number of rotatable bonds is 4. The maximum atomic E-state index is 3.63. The lowest BCUT2D eigenvalue weighted by Crippen LogP contribution is -2.10. The van der Waals surface area contributed by atoms with Gasteiger partial charge in [0.05, 0.1) is 6.04 Å². The second kappa shape index (κ2) is 6.23. The fourth-order valence-corrected chi connectivity index (χ4v) is 2.53. The fraction of sp³-hybridized carbons (Fsp3) is 0.250. The summed E-state index contributed by atoms with van der Waals surface area (Å²) in [6, 6.07) is 17.6. The van der Waals surface area contributed by atoms with Gasteiger partial charge in [0.25, 0.3) is 0 Å². The van der Waals surface area contributed by atoms with Gasteiger partial charge in [0.15, 0.2) is 0 Å². The standard InChI is InChI=1S/C16H18IN/c1-3-15(13-10-8-12(2)9-11-13)18-16-7-5-4-6-14(16)17/h4-11,15,18H,3H2,1-2H3. The Labute approximate surface area is 123 Å². The third-order valence-corrected chi connectivity index (χ3v) is 4.03. The van der Waals surface area contributed by atoms with E-state index < -0.39 is 0 Å². The van der Waals surface area contributed by atoms with E-state index in [1.54, 1.807) is 0 Å². The van der Waals surface area contributed by atoms with E-state index >= 15 is 0 Å². The van der Waals surface area contributed by atoms with Crippen molar-refractivity contribution in [3.8, 4) is 0 Å². The molecule has 0 aliphatic heterocycles. The molecule has 0 radical (unpaired) electrons. The quantitative estimate of drug-likeness (QED) is 0.750. The molecule has 0 aromatic heterocycles. The summed E-state index contributed by atoms with van der Waals surface area (Å²) in [5.74, 6) is 0. The van der Waals surface area contributed by atoms with Gasteiger partial charge in [-0.1, -0.05) is 48.9 Å². The largest absolute Gasteiger partial charge is 0.377 e. The maximum absolute atomic E-state index is 3.63. The minimum Gasteiger partial charge on any atom is -0.377 e. The van der Waals surface area contributed by atoms with Gasteiger partial charge in [-0.3, -0.25) is 0 Å². The molecule has 2 heteroatoms. The van der Waals surface area contributed by atoms with E-state index in [2.05, 4.69) is 90.3 Å². The lowest BCUT2D eigenvalue weighted by atomic mass is 10.0. The van der Waals surface area contributed by atoms with Crippen LogP contribution in [0.15, 0.2) is 48.5 Å². The molecule has 0 heterocycles. The number of anilines is 1. The van der Waals surface area contributed by atoms with Gasteiger partial charge in [0.2, 0.25) is 0 Å². The first kappa shape index (κ1) is 13.4. The molecular formula is C16H18IN. The Kier molecular flexibility index (Phi) is 4.64. The summed E-state index contributed by atoms with van der Waals surface area (Å²) in [6.45, 7) is 4.34. The highest BCUT2D eigenvalue weighted by atomic mass is 127. The van der Waals surface area contributed by atoms with Crippen molar-refractivity contribution in [3.63, 3.8) is 0 Å². The summed E-state index contributed by atoms with van der Waals surface area (Å²) in [7, 11) is 0. The van der Waals surface area contributed by atoms with Gasteiger partial charge in [-0.2, -0.15) is 0 Å². The average Bonchev–Trinajstić information content (AvgIpc) is 2.39. The molecule has 1 atom stereocenters. The Balaban J connectivity index is 2.20. The fourth-order valence-electron chi connectivity index (χ4n) is 1.99. The van der Waals surface area contributed by atoms with Gasteiger partial charge in [0.1, 0.15) is 0 Å². The number of hydrogen-bond donors (Lipinski definition) is 1. The monoisotopic (exact) mass is 351 g/mol. The number of nitrogens with one attached hydrogen (secondary N) is 1. The van der Waals surface area contributed by atoms with Crippen LogP contribution in [0, 0.1) is 10.5 Å². The zero-order chi connectivity index (χ0) is 13.0. The number of benzene rings is 2. The minimum atomic E-state index is 0.376. The first-order valence-corrected chi connectivity index (χ1v) is 7.36. The van der Waals surface area contributed by atoms with E-state index in [0.717, 1.165) is 6.42 Å². The highest BCUT2D eigenvalue weighted by Gasteiger charge is 2.09. The van der Waals surface area contributed by atoms with Gasteiger partial charge < -0.3 is 5.32 Å². The van der Waals surface area contributed by atoms with Gasteiger partial charge in [-0.05, 0) is 53.6 Å². The summed E-state index contributed by atoms with van der Waals surface area (Å²) in [4.78, 5) is 0. The molecule has 1 N–H and O–H groups in total. The molecule has 1 nitrogen and oxygen atoms in total. The first-order chi connectivity index (χ1) is 8.70. The highest BCUT2D eigenvalue weighted by molar-refractivity contribution is 14.1. The Morgan fingerprint density at radius 3 is 2.33 bits per heavy atom. The second-order valence-corrected chi connectivity index (χ2v) is 5.66. The first-order valence-electron chi connectivity index (χ1n) is 6.28. The van der Waals surface area contributed by atoms with Crippen molar-refractivity contribution < 1.29 is 0 Å². The number of aryl methyl sites for hydroxylation is 1. The molecule has 0 fully saturated rings. The van der Waals surface area contributed by atoms with E-state index in [-0.39, 0.29) is 0 Å². The van der Waals surface area contributed by atoms with Crippen LogP contribution in [0.5, 0.6) is 0 Å². The lowest BCUT2D eigenvalue weighted by Gasteiger charge is -2.20. The van der Waals surface area contributed by atoms with Crippen LogP contribution in [0.2, 0.25) is 0 Å². The molecule has 2 aromatic carbocycles. The van der Waals surface area contributed by atoms with Crippen molar-refractivity contribution in [2.75, 3.05) is 5.32 Å². The van der Waals surface area contributed by atoms with Crippen molar-refractivity contribution in [1.29, 1.82) is 0 Å². The minimum absolute atomic E-state index is 0.376. The molecule has 0 spiro atoms. The molecule has 0 amide bonds. The van der Waals surface area contributed by atoms with Crippen molar-refractivity contribution in [2.24, 2.45) is 0 Å². The topological polar surface area (TPSA) is 12.0 Å². The zero-order valence-electron chi connectivity index (χ0n) is 10.8. The Hall–Kier alpha value is -1.03. The molecule has 18 heavy (non-hydrogen) atoms. The van der Waals surface area contributed by atoms with Crippen LogP contribution < -0.4 is 5.32 Å². The molecule has 0 aliphatic rings. The number of halogens is 1. The zero-order valence-corrected chi connectivity index (χ0v) is 12.9. The molecule has 0 bridgehead atoms. The molecule has 94 valence electrons. The summed E-state index contributed by atoms with van der Waals surface area (Å²) in [6.07, 6.45) is 1.08. The summed E-state index contributed by atoms with van der Waals surface area (Å²) in [5.41, 5.74) is 3.87. The number of hydrogen-bond acceptors (Lipinski definition) is 1. The van der Waals surface area contributed by atoms with Crippen LogP contribution in [0.25, 0.3) is 0 Å². The third kappa shape index (κ3) is 3.25. The predicted octanol–water partition coefficient (Wildman–Crippen LogP) is 5.16. The molecular weight excluding hydrogens is 333 g/mol. The normalized spacial score (nSPS) is 12.2. The number of para-hydroxylation sites is 1. The molecule has 1 unspecified atom stereocenters. The highest BCUT2D eigenvalue weighted by Crippen LogP contribution is 2.25. The average molecular weight is 351 g/mol. The van der Waals surface area contributed by atoms with E-state index in [9.17, 15) is 0 Å². The van der Waals surface area contributed by atoms with Gasteiger partial charge in [-0.15, -0.1) is 0 Å². The molecule has 0 aliphatic carbocycles. The Bertz CT molecular complexity index is 505. The van der Waals surface area contributed by atoms with E-state index in [1.165, 1.54) is 20.4 Å². The van der Waals surface area contributed by atoms with Crippen molar-refractivity contribution in [3.05, 3.63) is 63.2 Å². The van der Waals surface area contributed by atoms with Gasteiger partial charge in [-0.25, -0.2) is 0 Å². The van der Waals surface area contributed by atoms with Crippen LogP contribution >= 0.6 is 22.6 Å². The summed E-state index contributed by atoms with van der Waals surface area (Å²) >= 11 is 2.37. The molecule has 0 saturated heterocycles.